The molecular weight excluding hydrogens is 374 g/mol. The van der Waals surface area contributed by atoms with Gasteiger partial charge in [-0.05, 0) is 48.2 Å². The van der Waals surface area contributed by atoms with Crippen molar-refractivity contribution in [1.29, 1.82) is 0 Å². The molecule has 2 aromatic carbocycles. The number of carbonyl (C=O) groups is 3. The van der Waals surface area contributed by atoms with Crippen LogP contribution in [0.5, 0.6) is 5.75 Å². The first-order chi connectivity index (χ1) is 13.9. The summed E-state index contributed by atoms with van der Waals surface area (Å²) in [6.07, 6.45) is 1.04. The van der Waals surface area contributed by atoms with Crippen molar-refractivity contribution in [1.82, 2.24) is 0 Å². The topological polar surface area (TPSA) is 90.9 Å². The Morgan fingerprint density at radius 3 is 1.97 bits per heavy atom. The minimum atomic E-state index is -0.635. The maximum absolute atomic E-state index is 12.2. The minimum Gasteiger partial charge on any atom is -0.484 e. The Balaban J connectivity index is 2.05. The summed E-state index contributed by atoms with van der Waals surface area (Å²) in [6, 6.07) is 11.8. The quantitative estimate of drug-likeness (QED) is 0.679. The number of benzene rings is 2. The van der Waals surface area contributed by atoms with Gasteiger partial charge >= 0.3 is 11.9 Å². The molecule has 0 bridgehead atoms. The van der Waals surface area contributed by atoms with Crippen LogP contribution in [0.2, 0.25) is 0 Å². The largest absolute Gasteiger partial charge is 0.484 e. The molecule has 0 radical (unpaired) electrons. The van der Waals surface area contributed by atoms with E-state index in [1.165, 1.54) is 38.0 Å². The molecule has 0 heterocycles. The molecule has 0 saturated heterocycles. The molecule has 0 aliphatic rings. The molecule has 0 fully saturated rings. The monoisotopic (exact) mass is 399 g/mol. The first-order valence-electron chi connectivity index (χ1n) is 9.22. The summed E-state index contributed by atoms with van der Waals surface area (Å²) in [7, 11) is 2.46. The fraction of sp³-hybridized carbons (Fsp3) is 0.318. The van der Waals surface area contributed by atoms with Crippen molar-refractivity contribution in [2.45, 2.75) is 26.2 Å². The van der Waals surface area contributed by atoms with E-state index in [4.69, 9.17) is 4.74 Å². The third kappa shape index (κ3) is 6.07. The number of amides is 1. The van der Waals surface area contributed by atoms with Gasteiger partial charge in [0.05, 0.1) is 25.3 Å². The Labute approximate surface area is 170 Å². The molecule has 29 heavy (non-hydrogen) atoms. The number of hydrogen-bond donors (Lipinski definition) is 1. The Hall–Kier alpha value is -3.35. The first-order valence-corrected chi connectivity index (χ1v) is 9.22. The molecule has 7 nitrogen and oxygen atoms in total. The highest BCUT2D eigenvalue weighted by Crippen LogP contribution is 2.22. The predicted molar refractivity (Wildman–Crippen MR) is 108 cm³/mol. The van der Waals surface area contributed by atoms with Gasteiger partial charge in [-0.3, -0.25) is 4.79 Å². The molecule has 0 aromatic heterocycles. The van der Waals surface area contributed by atoms with Crippen molar-refractivity contribution >= 4 is 23.5 Å². The van der Waals surface area contributed by atoms with Crippen LogP contribution in [0, 0.1) is 0 Å². The number of anilines is 1. The van der Waals surface area contributed by atoms with Gasteiger partial charge in [-0.1, -0.05) is 26.0 Å². The Bertz CT molecular complexity index is 841. The lowest BCUT2D eigenvalue weighted by Gasteiger charge is -2.12. The van der Waals surface area contributed by atoms with Crippen LogP contribution in [0.1, 0.15) is 52.5 Å². The summed E-state index contributed by atoms with van der Waals surface area (Å²) < 4.78 is 14.9. The van der Waals surface area contributed by atoms with E-state index in [1.54, 1.807) is 0 Å². The highest BCUT2D eigenvalue weighted by Gasteiger charge is 2.15. The highest BCUT2D eigenvalue weighted by atomic mass is 16.5. The molecule has 2 aromatic rings. The fourth-order valence-electron chi connectivity index (χ4n) is 2.65. The molecule has 0 saturated carbocycles. The van der Waals surface area contributed by atoms with E-state index in [2.05, 4.69) is 28.6 Å². The number of methoxy groups -OCH3 is 2. The molecule has 1 amide bonds. The van der Waals surface area contributed by atoms with Crippen molar-refractivity contribution in [2.75, 3.05) is 26.1 Å². The number of rotatable bonds is 8. The van der Waals surface area contributed by atoms with E-state index in [9.17, 15) is 14.4 Å². The maximum atomic E-state index is 12.2. The van der Waals surface area contributed by atoms with Crippen LogP contribution in [0.4, 0.5) is 5.69 Å². The molecule has 0 aliphatic carbocycles. The highest BCUT2D eigenvalue weighted by molar-refractivity contribution is 5.99. The van der Waals surface area contributed by atoms with E-state index in [0.717, 1.165) is 6.42 Å². The van der Waals surface area contributed by atoms with E-state index < -0.39 is 17.8 Å². The Morgan fingerprint density at radius 1 is 0.931 bits per heavy atom. The molecule has 2 rings (SSSR count). The van der Waals surface area contributed by atoms with Gasteiger partial charge in [0.1, 0.15) is 5.75 Å². The molecule has 154 valence electrons. The second-order valence-corrected chi connectivity index (χ2v) is 6.50. The summed E-state index contributed by atoms with van der Waals surface area (Å²) in [5.41, 5.74) is 1.70. The number of ether oxygens (including phenoxy) is 3. The summed E-state index contributed by atoms with van der Waals surface area (Å²) in [5.74, 6) is -0.675. The Morgan fingerprint density at radius 2 is 1.48 bits per heavy atom. The van der Waals surface area contributed by atoms with Crippen LogP contribution in [-0.4, -0.2) is 38.7 Å². The van der Waals surface area contributed by atoms with Crippen molar-refractivity contribution in [2.24, 2.45) is 0 Å². The lowest BCUT2D eigenvalue weighted by Crippen LogP contribution is -2.21. The lowest BCUT2D eigenvalue weighted by atomic mass is 9.99. The first kappa shape index (κ1) is 21.9. The zero-order valence-electron chi connectivity index (χ0n) is 17.0. The number of esters is 2. The average molecular weight is 399 g/mol. The van der Waals surface area contributed by atoms with Crippen LogP contribution in [0.15, 0.2) is 42.5 Å². The van der Waals surface area contributed by atoms with Crippen molar-refractivity contribution in [3.05, 3.63) is 59.2 Å². The molecule has 0 aliphatic heterocycles. The zero-order chi connectivity index (χ0) is 21.4. The predicted octanol–water partition coefficient (Wildman–Crippen LogP) is 3.79. The second-order valence-electron chi connectivity index (χ2n) is 6.50. The van der Waals surface area contributed by atoms with E-state index in [0.29, 0.717) is 11.7 Å². The molecule has 0 unspecified atom stereocenters. The second kappa shape index (κ2) is 10.3. The number of nitrogens with one attached hydrogen (secondary N) is 1. The fourth-order valence-corrected chi connectivity index (χ4v) is 2.65. The third-order valence-corrected chi connectivity index (χ3v) is 4.49. The molecule has 1 N–H and O–H groups in total. The number of carbonyl (C=O) groups excluding carboxylic acids is 3. The van der Waals surface area contributed by atoms with Gasteiger partial charge in [0.2, 0.25) is 0 Å². The lowest BCUT2D eigenvalue weighted by molar-refractivity contribution is -0.118. The normalized spacial score (nSPS) is 11.3. The maximum Gasteiger partial charge on any atom is 0.337 e. The van der Waals surface area contributed by atoms with Crippen LogP contribution < -0.4 is 10.1 Å². The summed E-state index contributed by atoms with van der Waals surface area (Å²) in [6.45, 7) is 4.05. The van der Waals surface area contributed by atoms with E-state index in [1.807, 2.05) is 24.3 Å². The zero-order valence-corrected chi connectivity index (χ0v) is 17.0. The minimum absolute atomic E-state index is 0.118. The Kier molecular flexibility index (Phi) is 7.77. The molecule has 7 heteroatoms. The van der Waals surface area contributed by atoms with Gasteiger partial charge < -0.3 is 19.5 Å². The van der Waals surface area contributed by atoms with Gasteiger partial charge in [0.15, 0.2) is 6.61 Å². The van der Waals surface area contributed by atoms with E-state index >= 15 is 0 Å². The molecular formula is C22H25NO6. The molecule has 1 atom stereocenters. The standard InChI is InChI=1S/C22H25NO6/c1-5-14(2)15-6-8-19(9-7-15)29-13-20(24)23-18-11-16(21(25)27-3)10-17(12-18)22(26)28-4/h6-12,14H,5,13H2,1-4H3,(H,23,24)/t14-/m0/s1. The van der Waals surface area contributed by atoms with Crippen LogP contribution in [0.25, 0.3) is 0 Å². The van der Waals surface area contributed by atoms with Gasteiger partial charge in [0.25, 0.3) is 5.91 Å². The third-order valence-electron chi connectivity index (χ3n) is 4.49. The number of hydrogen-bond acceptors (Lipinski definition) is 6. The van der Waals surface area contributed by atoms with Crippen molar-refractivity contribution in [3.63, 3.8) is 0 Å². The van der Waals surface area contributed by atoms with Gasteiger partial charge in [-0.25, -0.2) is 9.59 Å². The van der Waals surface area contributed by atoms with Gasteiger partial charge in [-0.2, -0.15) is 0 Å². The summed E-state index contributed by atoms with van der Waals surface area (Å²) in [4.78, 5) is 35.9. The average Bonchev–Trinajstić information content (AvgIpc) is 2.76. The SMILES string of the molecule is CC[C@H](C)c1ccc(OCC(=O)Nc2cc(C(=O)OC)cc(C(=O)OC)c2)cc1. The van der Waals surface area contributed by atoms with Crippen molar-refractivity contribution < 1.29 is 28.6 Å². The summed E-state index contributed by atoms with van der Waals surface area (Å²) in [5, 5.41) is 2.61. The van der Waals surface area contributed by atoms with Crippen LogP contribution in [-0.2, 0) is 14.3 Å². The summed E-state index contributed by atoms with van der Waals surface area (Å²) >= 11 is 0. The van der Waals surface area contributed by atoms with E-state index in [-0.39, 0.29) is 23.4 Å². The van der Waals surface area contributed by atoms with Crippen LogP contribution in [0.3, 0.4) is 0 Å². The molecule has 0 spiro atoms. The van der Waals surface area contributed by atoms with Gasteiger partial charge in [-0.15, -0.1) is 0 Å². The van der Waals surface area contributed by atoms with Crippen molar-refractivity contribution in [3.8, 4) is 5.75 Å². The van der Waals surface area contributed by atoms with Gasteiger partial charge in [0, 0.05) is 5.69 Å². The smallest absolute Gasteiger partial charge is 0.337 e. The van der Waals surface area contributed by atoms with Crippen LogP contribution >= 0.6 is 0 Å².